The van der Waals surface area contributed by atoms with Gasteiger partial charge in [0.05, 0.1) is 0 Å². The lowest BCUT2D eigenvalue weighted by molar-refractivity contribution is 0.661. The number of hydrogen-bond donors (Lipinski definition) is 0. The Balaban J connectivity index is 2.50. The summed E-state index contributed by atoms with van der Waals surface area (Å²) in [6.07, 6.45) is 1.10. The van der Waals surface area contributed by atoms with Crippen LogP contribution in [0.2, 0.25) is 0 Å². The average molecular weight is 254 g/mol. The molecule has 1 unspecified atom stereocenters. The Morgan fingerprint density at radius 2 is 2.45 bits per heavy atom. The van der Waals surface area contributed by atoms with Crippen LogP contribution in [0, 0.1) is 5.92 Å². The van der Waals surface area contributed by atoms with E-state index in [4.69, 9.17) is 11.6 Å². The highest BCUT2D eigenvalue weighted by Gasteiger charge is 2.03. The van der Waals surface area contributed by atoms with E-state index in [1.807, 2.05) is 0 Å². The van der Waals surface area contributed by atoms with E-state index in [0.717, 1.165) is 12.3 Å². The molecule has 1 rings (SSSR count). The number of alkyl halides is 1. The zero-order valence-electron chi connectivity index (χ0n) is 6.31. The summed E-state index contributed by atoms with van der Waals surface area (Å²) < 4.78 is 1.18. The summed E-state index contributed by atoms with van der Waals surface area (Å²) in [5.41, 5.74) is 0. The molecule has 1 heterocycles. The highest BCUT2D eigenvalue weighted by atomic mass is 79.9. The van der Waals surface area contributed by atoms with Gasteiger partial charge in [0.15, 0.2) is 0 Å². The van der Waals surface area contributed by atoms with Crippen LogP contribution in [0.25, 0.3) is 0 Å². The lowest BCUT2D eigenvalue weighted by Gasteiger charge is -2.02. The Labute approximate surface area is 84.7 Å². The van der Waals surface area contributed by atoms with E-state index >= 15 is 0 Å². The van der Waals surface area contributed by atoms with Crippen molar-refractivity contribution in [1.29, 1.82) is 0 Å². The molecule has 0 aliphatic rings. The van der Waals surface area contributed by atoms with Crippen LogP contribution in [0.1, 0.15) is 11.8 Å². The van der Waals surface area contributed by atoms with Gasteiger partial charge in [-0.1, -0.05) is 6.92 Å². The number of hydrogen-bond acceptors (Lipinski definition) is 1. The molecule has 11 heavy (non-hydrogen) atoms. The SMILES string of the molecule is CC(CCl)Cc1cc(Br)cs1. The second-order valence-corrected chi connectivity index (χ2v) is 4.91. The molecule has 0 N–H and O–H groups in total. The molecule has 1 atom stereocenters. The predicted octanol–water partition coefficient (Wildman–Crippen LogP) is 3.93. The Kier molecular flexibility index (Phi) is 3.90. The third kappa shape index (κ3) is 3.14. The topological polar surface area (TPSA) is 0 Å². The molecule has 0 fully saturated rings. The molecule has 3 heteroatoms. The van der Waals surface area contributed by atoms with Crippen LogP contribution in [0.15, 0.2) is 15.9 Å². The Morgan fingerprint density at radius 3 is 2.91 bits per heavy atom. The van der Waals surface area contributed by atoms with E-state index in [-0.39, 0.29) is 0 Å². The van der Waals surface area contributed by atoms with Gasteiger partial charge in [0.25, 0.3) is 0 Å². The Morgan fingerprint density at radius 1 is 1.73 bits per heavy atom. The molecule has 0 amide bonds. The monoisotopic (exact) mass is 252 g/mol. The maximum Gasteiger partial charge on any atom is 0.0285 e. The molecule has 0 aliphatic carbocycles. The van der Waals surface area contributed by atoms with Crippen molar-refractivity contribution in [2.24, 2.45) is 5.92 Å². The molecule has 0 saturated carbocycles. The fourth-order valence-corrected chi connectivity index (χ4v) is 2.58. The largest absolute Gasteiger partial charge is 0.148 e. The van der Waals surface area contributed by atoms with Crippen molar-refractivity contribution in [3.05, 3.63) is 20.8 Å². The number of rotatable bonds is 3. The molecule has 0 bridgehead atoms. The molecule has 0 aliphatic heterocycles. The first-order chi connectivity index (χ1) is 5.22. The van der Waals surface area contributed by atoms with Crippen LogP contribution in [0.3, 0.4) is 0 Å². The molecule has 1 aromatic rings. The molecule has 0 spiro atoms. The minimum absolute atomic E-state index is 0.585. The van der Waals surface area contributed by atoms with Crippen LogP contribution >= 0.6 is 38.9 Å². The Bertz CT molecular complexity index is 222. The van der Waals surface area contributed by atoms with Crippen LogP contribution in [0.5, 0.6) is 0 Å². The second kappa shape index (κ2) is 4.48. The molecule has 0 saturated heterocycles. The summed E-state index contributed by atoms with van der Waals surface area (Å²) in [5.74, 6) is 1.33. The second-order valence-electron chi connectivity index (χ2n) is 2.69. The maximum absolute atomic E-state index is 5.70. The van der Waals surface area contributed by atoms with Gasteiger partial charge in [-0.25, -0.2) is 0 Å². The molecular weight excluding hydrogens is 244 g/mol. The van der Waals surface area contributed by atoms with Crippen LogP contribution in [0.4, 0.5) is 0 Å². The van der Waals surface area contributed by atoms with E-state index in [1.54, 1.807) is 11.3 Å². The van der Waals surface area contributed by atoms with Crippen molar-refractivity contribution in [2.75, 3.05) is 5.88 Å². The van der Waals surface area contributed by atoms with E-state index in [0.29, 0.717) is 5.92 Å². The molecule has 0 aromatic carbocycles. The van der Waals surface area contributed by atoms with Gasteiger partial charge in [-0.2, -0.15) is 0 Å². The Hall–Kier alpha value is 0.470. The van der Waals surface area contributed by atoms with E-state index in [2.05, 4.69) is 34.3 Å². The molecule has 1 aromatic heterocycles. The summed E-state index contributed by atoms with van der Waals surface area (Å²) in [7, 11) is 0. The van der Waals surface area contributed by atoms with Gasteiger partial charge in [0.1, 0.15) is 0 Å². The van der Waals surface area contributed by atoms with Crippen molar-refractivity contribution < 1.29 is 0 Å². The van der Waals surface area contributed by atoms with Gasteiger partial charge in [-0.15, -0.1) is 22.9 Å². The minimum Gasteiger partial charge on any atom is -0.148 e. The third-order valence-corrected chi connectivity index (χ3v) is 3.68. The zero-order chi connectivity index (χ0) is 8.27. The lowest BCUT2D eigenvalue weighted by Crippen LogP contribution is -1.98. The fourth-order valence-electron chi connectivity index (χ4n) is 0.859. The predicted molar refractivity (Wildman–Crippen MR) is 55.6 cm³/mol. The van der Waals surface area contributed by atoms with Gasteiger partial charge >= 0.3 is 0 Å². The van der Waals surface area contributed by atoms with Crippen molar-refractivity contribution in [3.8, 4) is 0 Å². The average Bonchev–Trinajstić information content (AvgIpc) is 2.35. The summed E-state index contributed by atoms with van der Waals surface area (Å²) in [4.78, 5) is 1.41. The maximum atomic E-state index is 5.70. The standard InChI is InChI=1S/C8H10BrClS/c1-6(4-10)2-8-3-7(9)5-11-8/h3,5-6H,2,4H2,1H3. The van der Waals surface area contributed by atoms with Crippen molar-refractivity contribution in [2.45, 2.75) is 13.3 Å². The first-order valence-corrected chi connectivity index (χ1v) is 5.72. The molecule has 0 radical (unpaired) electrons. The van der Waals surface area contributed by atoms with Crippen LogP contribution < -0.4 is 0 Å². The normalized spacial score (nSPS) is 13.4. The fraction of sp³-hybridized carbons (Fsp3) is 0.500. The van der Waals surface area contributed by atoms with Gasteiger partial charge < -0.3 is 0 Å². The lowest BCUT2D eigenvalue weighted by atomic mass is 10.1. The summed E-state index contributed by atoms with van der Waals surface area (Å²) in [6, 6.07) is 2.16. The quantitative estimate of drug-likeness (QED) is 0.716. The van der Waals surface area contributed by atoms with Gasteiger partial charge in [-0.05, 0) is 34.3 Å². The minimum atomic E-state index is 0.585. The molecular formula is C8H10BrClS. The first-order valence-electron chi connectivity index (χ1n) is 3.51. The van der Waals surface area contributed by atoms with E-state index < -0.39 is 0 Å². The number of thiophene rings is 1. The van der Waals surface area contributed by atoms with E-state index in [9.17, 15) is 0 Å². The first kappa shape index (κ1) is 9.56. The summed E-state index contributed by atoms with van der Waals surface area (Å²) >= 11 is 10.9. The van der Waals surface area contributed by atoms with Crippen molar-refractivity contribution in [3.63, 3.8) is 0 Å². The van der Waals surface area contributed by atoms with Crippen molar-refractivity contribution in [1.82, 2.24) is 0 Å². The van der Waals surface area contributed by atoms with Crippen LogP contribution in [-0.4, -0.2) is 5.88 Å². The third-order valence-electron chi connectivity index (χ3n) is 1.43. The summed E-state index contributed by atoms with van der Waals surface area (Å²) in [6.45, 7) is 2.17. The zero-order valence-corrected chi connectivity index (χ0v) is 9.47. The smallest absolute Gasteiger partial charge is 0.0285 e. The highest BCUT2D eigenvalue weighted by molar-refractivity contribution is 9.10. The van der Waals surface area contributed by atoms with E-state index in [1.165, 1.54) is 9.35 Å². The van der Waals surface area contributed by atoms with Gasteiger partial charge in [0.2, 0.25) is 0 Å². The number of halogens is 2. The van der Waals surface area contributed by atoms with Gasteiger partial charge in [-0.3, -0.25) is 0 Å². The van der Waals surface area contributed by atoms with Crippen molar-refractivity contribution >= 4 is 38.9 Å². The van der Waals surface area contributed by atoms with Gasteiger partial charge in [0, 0.05) is 20.6 Å². The highest BCUT2D eigenvalue weighted by Crippen LogP contribution is 2.22. The van der Waals surface area contributed by atoms with Crippen LogP contribution in [-0.2, 0) is 6.42 Å². The molecule has 0 nitrogen and oxygen atoms in total. The molecule has 62 valence electrons. The summed E-state index contributed by atoms with van der Waals surface area (Å²) in [5, 5.41) is 2.11.